The molecule has 0 radical (unpaired) electrons. The number of benzene rings is 1. The summed E-state index contributed by atoms with van der Waals surface area (Å²) in [5.74, 6) is 0.508. The largest absolute Gasteiger partial charge is 0.495 e. The minimum absolute atomic E-state index is 0.126. The number of aromatic nitrogens is 3. The fraction of sp³-hybridized carbons (Fsp3) is 0.190. The lowest BCUT2D eigenvalue weighted by Gasteiger charge is -2.08. The summed E-state index contributed by atoms with van der Waals surface area (Å²) in [4.78, 5) is 21.6. The van der Waals surface area contributed by atoms with E-state index in [0.29, 0.717) is 11.4 Å². The number of anilines is 1. The number of fused-ring (bicyclic) bond motifs is 1. The summed E-state index contributed by atoms with van der Waals surface area (Å²) in [6.07, 6.45) is 4.09. The third kappa shape index (κ3) is 3.48. The monoisotopic (exact) mass is 392 g/mol. The van der Waals surface area contributed by atoms with Crippen LogP contribution in [0, 0.1) is 0 Å². The minimum Gasteiger partial charge on any atom is -0.495 e. The Labute approximate surface area is 166 Å². The Morgan fingerprint density at radius 2 is 2.11 bits per heavy atom. The molecule has 0 saturated heterocycles. The third-order valence-electron chi connectivity index (χ3n) is 4.48. The second-order valence-electron chi connectivity index (χ2n) is 6.27. The van der Waals surface area contributed by atoms with Crippen LogP contribution in [0.3, 0.4) is 0 Å². The summed E-state index contributed by atoms with van der Waals surface area (Å²) in [5, 5.41) is 6.79. The number of rotatable bonds is 6. The predicted octanol–water partition coefficient (Wildman–Crippen LogP) is 4.37. The molecule has 3 aromatic heterocycles. The van der Waals surface area contributed by atoms with Gasteiger partial charge >= 0.3 is 0 Å². The number of nitrogens with one attached hydrogen (secondary N) is 1. The number of methoxy groups -OCH3 is 1. The molecular formula is C21H20N4O2S. The van der Waals surface area contributed by atoms with Gasteiger partial charge in [-0.2, -0.15) is 0 Å². The number of pyridine rings is 1. The maximum atomic E-state index is 12.4. The van der Waals surface area contributed by atoms with E-state index >= 15 is 0 Å². The van der Waals surface area contributed by atoms with Crippen molar-refractivity contribution in [2.75, 3.05) is 12.4 Å². The fourth-order valence-electron chi connectivity index (χ4n) is 3.15. The maximum Gasteiger partial charge on any atom is 0.230 e. The zero-order valence-corrected chi connectivity index (χ0v) is 16.5. The van der Waals surface area contributed by atoms with Crippen LogP contribution in [0.4, 0.5) is 5.69 Å². The van der Waals surface area contributed by atoms with Gasteiger partial charge in [0, 0.05) is 35.3 Å². The van der Waals surface area contributed by atoms with Crippen LogP contribution in [0.1, 0.15) is 12.6 Å². The first kappa shape index (κ1) is 18.2. The highest BCUT2D eigenvalue weighted by Crippen LogP contribution is 2.32. The molecule has 3 heterocycles. The second kappa shape index (κ2) is 7.82. The van der Waals surface area contributed by atoms with Gasteiger partial charge in [0.15, 0.2) is 0 Å². The van der Waals surface area contributed by atoms with Crippen molar-refractivity contribution in [3.8, 4) is 16.3 Å². The van der Waals surface area contributed by atoms with Crippen LogP contribution in [0.2, 0.25) is 0 Å². The van der Waals surface area contributed by atoms with Crippen LogP contribution in [-0.2, 0) is 17.8 Å². The lowest BCUT2D eigenvalue weighted by Crippen LogP contribution is -2.15. The molecule has 0 aliphatic heterocycles. The van der Waals surface area contributed by atoms with Gasteiger partial charge in [0.05, 0.1) is 24.9 Å². The molecule has 28 heavy (non-hydrogen) atoms. The normalized spacial score (nSPS) is 10.9. The van der Waals surface area contributed by atoms with E-state index in [4.69, 9.17) is 4.74 Å². The van der Waals surface area contributed by atoms with Crippen LogP contribution in [0.15, 0.2) is 54.2 Å². The first-order valence-corrected chi connectivity index (χ1v) is 9.89. The number of hydrogen-bond donors (Lipinski definition) is 1. The van der Waals surface area contributed by atoms with E-state index in [1.165, 1.54) is 0 Å². The Kier molecular flexibility index (Phi) is 5.08. The van der Waals surface area contributed by atoms with E-state index in [1.807, 2.05) is 35.7 Å². The summed E-state index contributed by atoms with van der Waals surface area (Å²) < 4.78 is 7.39. The van der Waals surface area contributed by atoms with Gasteiger partial charge in [-0.15, -0.1) is 11.3 Å². The lowest BCUT2D eigenvalue weighted by molar-refractivity contribution is -0.115. The number of carbonyl (C=O) groups excluding carboxylic acids is 1. The zero-order valence-electron chi connectivity index (χ0n) is 15.7. The van der Waals surface area contributed by atoms with Crippen LogP contribution in [-0.4, -0.2) is 27.6 Å². The van der Waals surface area contributed by atoms with Crippen molar-refractivity contribution >= 4 is 34.0 Å². The Morgan fingerprint density at radius 1 is 1.25 bits per heavy atom. The smallest absolute Gasteiger partial charge is 0.230 e. The van der Waals surface area contributed by atoms with E-state index < -0.39 is 0 Å². The number of hydrogen-bond acceptors (Lipinski definition) is 5. The number of thiazole rings is 1. The van der Waals surface area contributed by atoms with Crippen LogP contribution < -0.4 is 10.1 Å². The van der Waals surface area contributed by atoms with Gasteiger partial charge in [0.2, 0.25) is 5.91 Å². The van der Waals surface area contributed by atoms with Crippen LogP contribution in [0.5, 0.6) is 5.75 Å². The molecular weight excluding hydrogens is 372 g/mol. The van der Waals surface area contributed by atoms with E-state index in [0.717, 1.165) is 33.8 Å². The van der Waals surface area contributed by atoms with Crippen molar-refractivity contribution in [3.05, 3.63) is 59.9 Å². The number of nitrogens with zero attached hydrogens (tertiary/aromatic N) is 3. The zero-order chi connectivity index (χ0) is 19.5. The quantitative estimate of drug-likeness (QED) is 0.529. The molecule has 0 spiro atoms. The van der Waals surface area contributed by atoms with Gasteiger partial charge in [0.25, 0.3) is 0 Å². The number of para-hydroxylation sites is 2. The summed E-state index contributed by atoms with van der Waals surface area (Å²) in [5.41, 5.74) is 3.40. The molecule has 4 aromatic rings. The molecule has 0 saturated carbocycles. The van der Waals surface area contributed by atoms with E-state index in [-0.39, 0.29) is 12.3 Å². The highest BCUT2D eigenvalue weighted by Gasteiger charge is 2.15. The number of carbonyl (C=O) groups is 1. The molecule has 1 amide bonds. The van der Waals surface area contributed by atoms with Crippen molar-refractivity contribution in [3.63, 3.8) is 0 Å². The molecule has 0 unspecified atom stereocenters. The SMILES string of the molecule is CCn1cc(-c2nc(CC(=O)Nc3ccccc3OC)cs2)c2cccnc21. The molecule has 1 N–H and O–H groups in total. The van der Waals surface area contributed by atoms with Crippen molar-refractivity contribution in [2.24, 2.45) is 0 Å². The Bertz CT molecular complexity index is 1130. The number of amides is 1. The first-order valence-electron chi connectivity index (χ1n) is 9.01. The van der Waals surface area contributed by atoms with E-state index in [2.05, 4.69) is 39.0 Å². The Morgan fingerprint density at radius 3 is 2.93 bits per heavy atom. The average molecular weight is 392 g/mol. The standard InChI is InChI=1S/C21H20N4O2S/c1-3-25-12-16(15-7-6-10-22-20(15)25)21-23-14(13-28-21)11-19(26)24-17-8-4-5-9-18(17)27-2/h4-10,12-13H,3,11H2,1-2H3,(H,24,26). The predicted molar refractivity (Wildman–Crippen MR) is 112 cm³/mol. The van der Waals surface area contributed by atoms with Crippen molar-refractivity contribution in [2.45, 2.75) is 19.9 Å². The van der Waals surface area contributed by atoms with Crippen LogP contribution >= 0.6 is 11.3 Å². The molecule has 0 bridgehead atoms. The summed E-state index contributed by atoms with van der Waals surface area (Å²) in [6.45, 7) is 2.93. The molecule has 0 aliphatic carbocycles. The Hall–Kier alpha value is -3.19. The molecule has 4 rings (SSSR count). The maximum absolute atomic E-state index is 12.4. The molecule has 7 heteroatoms. The van der Waals surface area contributed by atoms with Crippen molar-refractivity contribution in [1.82, 2.24) is 14.5 Å². The number of aryl methyl sites for hydroxylation is 1. The third-order valence-corrected chi connectivity index (χ3v) is 5.40. The summed E-state index contributed by atoms with van der Waals surface area (Å²) in [7, 11) is 1.58. The van der Waals surface area contributed by atoms with Crippen LogP contribution in [0.25, 0.3) is 21.6 Å². The molecule has 0 aliphatic rings. The molecule has 0 atom stereocenters. The topological polar surface area (TPSA) is 69.0 Å². The van der Waals surface area contributed by atoms with Crippen molar-refractivity contribution in [1.29, 1.82) is 0 Å². The molecule has 1 aromatic carbocycles. The van der Waals surface area contributed by atoms with Gasteiger partial charge in [-0.3, -0.25) is 4.79 Å². The highest BCUT2D eigenvalue weighted by atomic mass is 32.1. The van der Waals surface area contributed by atoms with E-state index in [9.17, 15) is 4.79 Å². The lowest BCUT2D eigenvalue weighted by atomic mass is 10.2. The molecule has 142 valence electrons. The van der Waals surface area contributed by atoms with Gasteiger partial charge in [-0.05, 0) is 31.2 Å². The average Bonchev–Trinajstić information content (AvgIpc) is 3.32. The Balaban J connectivity index is 1.55. The number of ether oxygens (including phenoxy) is 1. The second-order valence-corrected chi connectivity index (χ2v) is 7.13. The van der Waals surface area contributed by atoms with Crippen molar-refractivity contribution < 1.29 is 9.53 Å². The van der Waals surface area contributed by atoms with Gasteiger partial charge in [0.1, 0.15) is 16.4 Å². The van der Waals surface area contributed by atoms with Gasteiger partial charge < -0.3 is 14.6 Å². The molecule has 6 nitrogen and oxygen atoms in total. The fourth-order valence-corrected chi connectivity index (χ4v) is 4.00. The van der Waals surface area contributed by atoms with Gasteiger partial charge in [-0.25, -0.2) is 9.97 Å². The summed E-state index contributed by atoms with van der Waals surface area (Å²) in [6, 6.07) is 11.3. The minimum atomic E-state index is -0.126. The first-order chi connectivity index (χ1) is 13.7. The summed E-state index contributed by atoms with van der Waals surface area (Å²) >= 11 is 1.54. The highest BCUT2D eigenvalue weighted by molar-refractivity contribution is 7.13. The van der Waals surface area contributed by atoms with E-state index in [1.54, 1.807) is 24.6 Å². The van der Waals surface area contributed by atoms with Gasteiger partial charge in [-0.1, -0.05) is 12.1 Å². The molecule has 0 fully saturated rings.